The average molecular weight is 452 g/mol. The molecule has 0 spiro atoms. The molecular formula is C17H10F6N2O4S. The SMILES string of the molecule is CCOC(=O)c1c(N(F)C(=O)c2c(F)c(F)c(F)c(F)c2F)sc2c1CCNC2=O. The topological polar surface area (TPSA) is 75.7 Å². The van der Waals surface area contributed by atoms with E-state index in [1.54, 1.807) is 0 Å². The monoisotopic (exact) mass is 452 g/mol. The van der Waals surface area contributed by atoms with Crippen molar-refractivity contribution < 1.29 is 45.6 Å². The van der Waals surface area contributed by atoms with E-state index in [0.717, 1.165) is 0 Å². The predicted octanol–water partition coefficient (Wildman–Crippen LogP) is 3.44. The number of esters is 1. The number of hydrogen-bond donors (Lipinski definition) is 1. The van der Waals surface area contributed by atoms with Crippen molar-refractivity contribution in [2.45, 2.75) is 13.3 Å². The maximum atomic E-state index is 14.9. The molecule has 1 aromatic carbocycles. The van der Waals surface area contributed by atoms with Crippen LogP contribution < -0.4 is 10.4 Å². The smallest absolute Gasteiger partial charge is 0.341 e. The molecule has 0 radical (unpaired) electrons. The van der Waals surface area contributed by atoms with Gasteiger partial charge in [-0.05, 0) is 18.9 Å². The predicted molar refractivity (Wildman–Crippen MR) is 90.5 cm³/mol. The fraction of sp³-hybridized carbons (Fsp3) is 0.235. The lowest BCUT2D eigenvalue weighted by molar-refractivity contribution is 0.0526. The minimum atomic E-state index is -2.53. The highest BCUT2D eigenvalue weighted by Gasteiger charge is 2.38. The van der Waals surface area contributed by atoms with Crippen molar-refractivity contribution in [3.05, 3.63) is 50.7 Å². The Bertz CT molecular complexity index is 1060. The quantitative estimate of drug-likeness (QED) is 0.254. The lowest BCUT2D eigenvalue weighted by Crippen LogP contribution is -2.31. The van der Waals surface area contributed by atoms with E-state index in [9.17, 15) is 40.8 Å². The van der Waals surface area contributed by atoms with Gasteiger partial charge in [0.05, 0.1) is 11.5 Å². The average Bonchev–Trinajstić information content (AvgIpc) is 3.11. The van der Waals surface area contributed by atoms with Gasteiger partial charge in [0.25, 0.3) is 11.8 Å². The summed E-state index contributed by atoms with van der Waals surface area (Å²) in [6.45, 7) is 1.34. The molecular weight excluding hydrogens is 442 g/mol. The van der Waals surface area contributed by atoms with Crippen molar-refractivity contribution in [2.75, 3.05) is 18.3 Å². The fourth-order valence-corrected chi connectivity index (χ4v) is 3.95. The summed E-state index contributed by atoms with van der Waals surface area (Å²) in [6.07, 6.45) is 0.0519. The third kappa shape index (κ3) is 3.28. The number of fused-ring (bicyclic) bond motifs is 1. The standard InChI is InChI=1S/C17H10F6N2O4S/c1-2-29-17(28)6-5-3-4-24-14(26)13(5)30-16(6)25(23)15(27)7-8(18)10(20)12(22)11(21)9(7)19/h2-4H2,1H3,(H,24,26). The van der Waals surface area contributed by atoms with Crippen molar-refractivity contribution in [3.8, 4) is 0 Å². The van der Waals surface area contributed by atoms with Gasteiger partial charge in [-0.25, -0.2) is 26.7 Å². The molecule has 2 amide bonds. The summed E-state index contributed by atoms with van der Waals surface area (Å²) >= 11 is 0.289. The Labute approximate surface area is 168 Å². The van der Waals surface area contributed by atoms with Gasteiger partial charge in [-0.2, -0.15) is 0 Å². The van der Waals surface area contributed by atoms with Crippen LogP contribution in [0.2, 0.25) is 0 Å². The first kappa shape index (κ1) is 21.6. The molecule has 0 bridgehead atoms. The second-order valence-corrected chi connectivity index (χ2v) is 6.85. The zero-order valence-electron chi connectivity index (χ0n) is 14.9. The largest absolute Gasteiger partial charge is 0.462 e. The first-order chi connectivity index (χ1) is 14.1. The number of amides is 2. The number of nitrogens with one attached hydrogen (secondary N) is 1. The Morgan fingerprint density at radius 3 is 2.17 bits per heavy atom. The van der Waals surface area contributed by atoms with E-state index < -0.39 is 68.1 Å². The number of hydrogen-bond acceptors (Lipinski definition) is 5. The van der Waals surface area contributed by atoms with Crippen LogP contribution in [-0.4, -0.2) is 30.9 Å². The number of thiophene rings is 1. The van der Waals surface area contributed by atoms with Gasteiger partial charge in [-0.3, -0.25) is 9.59 Å². The van der Waals surface area contributed by atoms with Gasteiger partial charge in [0.15, 0.2) is 23.3 Å². The van der Waals surface area contributed by atoms with E-state index in [4.69, 9.17) is 4.74 Å². The highest BCUT2D eigenvalue weighted by Crippen LogP contribution is 2.40. The van der Waals surface area contributed by atoms with Gasteiger partial charge in [0.2, 0.25) is 5.82 Å². The Balaban J connectivity index is 2.17. The zero-order chi connectivity index (χ0) is 22.3. The Morgan fingerprint density at radius 1 is 1.03 bits per heavy atom. The molecule has 2 heterocycles. The molecule has 0 atom stereocenters. The number of ether oxygens (including phenoxy) is 1. The van der Waals surface area contributed by atoms with Crippen molar-refractivity contribution in [1.29, 1.82) is 0 Å². The summed E-state index contributed by atoms with van der Waals surface area (Å²) in [5.41, 5.74) is -2.57. The van der Waals surface area contributed by atoms with Crippen LogP contribution in [0.15, 0.2) is 0 Å². The molecule has 0 unspecified atom stereocenters. The summed E-state index contributed by atoms with van der Waals surface area (Å²) in [6, 6.07) is 0. The summed E-state index contributed by atoms with van der Waals surface area (Å²) < 4.78 is 87.5. The minimum absolute atomic E-state index is 0.0325. The van der Waals surface area contributed by atoms with E-state index in [1.165, 1.54) is 6.92 Å². The van der Waals surface area contributed by atoms with Crippen LogP contribution >= 0.6 is 11.3 Å². The molecule has 2 aromatic rings. The number of halogens is 6. The third-order valence-electron chi connectivity index (χ3n) is 4.12. The lowest BCUT2D eigenvalue weighted by Gasteiger charge is -2.15. The van der Waals surface area contributed by atoms with Crippen molar-refractivity contribution in [2.24, 2.45) is 0 Å². The number of nitrogens with zero attached hydrogens (tertiary/aromatic N) is 1. The minimum Gasteiger partial charge on any atom is -0.462 e. The summed E-state index contributed by atoms with van der Waals surface area (Å²) in [5.74, 6) is -16.6. The van der Waals surface area contributed by atoms with Gasteiger partial charge in [-0.15, -0.1) is 16.5 Å². The Morgan fingerprint density at radius 2 is 1.60 bits per heavy atom. The number of carbonyl (C=O) groups is 3. The van der Waals surface area contributed by atoms with Crippen LogP contribution in [-0.2, 0) is 11.2 Å². The lowest BCUT2D eigenvalue weighted by atomic mass is 10.0. The molecule has 0 saturated carbocycles. The second-order valence-electron chi connectivity index (χ2n) is 5.85. The summed E-state index contributed by atoms with van der Waals surface area (Å²) in [4.78, 5) is 36.4. The zero-order valence-corrected chi connectivity index (χ0v) is 15.7. The van der Waals surface area contributed by atoms with E-state index in [2.05, 4.69) is 5.32 Å². The molecule has 6 nitrogen and oxygen atoms in total. The molecule has 1 N–H and O–H groups in total. The molecule has 1 aliphatic heterocycles. The van der Waals surface area contributed by atoms with Gasteiger partial charge >= 0.3 is 5.97 Å². The summed E-state index contributed by atoms with van der Waals surface area (Å²) in [7, 11) is 0. The van der Waals surface area contributed by atoms with Crippen LogP contribution in [0.4, 0.5) is 31.4 Å². The molecule has 30 heavy (non-hydrogen) atoms. The number of rotatable bonds is 4. The first-order valence-electron chi connectivity index (χ1n) is 8.24. The maximum absolute atomic E-state index is 14.9. The molecule has 1 aliphatic rings. The van der Waals surface area contributed by atoms with Crippen molar-refractivity contribution >= 4 is 34.1 Å². The molecule has 0 saturated heterocycles. The highest BCUT2D eigenvalue weighted by atomic mass is 32.1. The van der Waals surface area contributed by atoms with Crippen LogP contribution in [0.25, 0.3) is 0 Å². The molecule has 0 aliphatic carbocycles. The van der Waals surface area contributed by atoms with Crippen LogP contribution in [0.5, 0.6) is 0 Å². The van der Waals surface area contributed by atoms with Crippen molar-refractivity contribution in [3.63, 3.8) is 0 Å². The number of carbonyl (C=O) groups excluding carboxylic acids is 3. The first-order valence-corrected chi connectivity index (χ1v) is 9.06. The van der Waals surface area contributed by atoms with Crippen LogP contribution in [0, 0.1) is 29.1 Å². The van der Waals surface area contributed by atoms with E-state index >= 15 is 0 Å². The molecule has 3 rings (SSSR count). The molecule has 0 fully saturated rings. The molecule has 13 heteroatoms. The van der Waals surface area contributed by atoms with Crippen molar-refractivity contribution in [1.82, 2.24) is 5.32 Å². The highest BCUT2D eigenvalue weighted by molar-refractivity contribution is 7.18. The van der Waals surface area contributed by atoms with Crippen LogP contribution in [0.3, 0.4) is 0 Å². The van der Waals surface area contributed by atoms with Gasteiger partial charge < -0.3 is 10.1 Å². The molecule has 160 valence electrons. The molecule has 1 aromatic heterocycles. The van der Waals surface area contributed by atoms with E-state index in [1.807, 2.05) is 0 Å². The normalized spacial score (nSPS) is 13.0. The van der Waals surface area contributed by atoms with Gasteiger partial charge in [0, 0.05) is 6.54 Å². The van der Waals surface area contributed by atoms with Gasteiger partial charge in [-0.1, -0.05) is 4.48 Å². The van der Waals surface area contributed by atoms with Crippen LogP contribution in [0.1, 0.15) is 42.9 Å². The van der Waals surface area contributed by atoms with Gasteiger partial charge in [0.1, 0.15) is 16.1 Å². The Hall–Kier alpha value is -3.09. The number of anilines is 1. The third-order valence-corrected chi connectivity index (χ3v) is 5.31. The van der Waals surface area contributed by atoms with E-state index in [-0.39, 0.29) is 41.3 Å². The number of benzene rings is 1. The fourth-order valence-electron chi connectivity index (χ4n) is 2.79. The second kappa shape index (κ2) is 7.97. The van der Waals surface area contributed by atoms with E-state index in [0.29, 0.717) is 0 Å². The maximum Gasteiger partial charge on any atom is 0.341 e. The Kier molecular flexibility index (Phi) is 5.74. The summed E-state index contributed by atoms with van der Waals surface area (Å²) in [5, 5.41) is 0.593.